The van der Waals surface area contributed by atoms with Crippen molar-refractivity contribution in [2.45, 2.75) is 32.4 Å². The van der Waals surface area contributed by atoms with E-state index in [4.69, 9.17) is 0 Å². The van der Waals surface area contributed by atoms with Crippen molar-refractivity contribution in [2.24, 2.45) is 0 Å². The summed E-state index contributed by atoms with van der Waals surface area (Å²) in [5.74, 6) is 0. The summed E-state index contributed by atoms with van der Waals surface area (Å²) in [6.45, 7) is 7.97. The van der Waals surface area contributed by atoms with Gasteiger partial charge in [0.1, 0.15) is 0 Å². The zero-order chi connectivity index (χ0) is 13.2. The molecule has 0 unspecified atom stereocenters. The molecule has 1 heterocycles. The number of likely N-dealkylation sites (N-methyl/N-ethyl adjacent to an activating group) is 1. The van der Waals surface area contributed by atoms with Crippen LogP contribution in [-0.2, 0) is 18.6 Å². The maximum absolute atomic E-state index is 10.0. The first-order chi connectivity index (χ1) is 8.50. The van der Waals surface area contributed by atoms with Crippen molar-refractivity contribution in [3.05, 3.63) is 34.9 Å². The van der Waals surface area contributed by atoms with Crippen LogP contribution in [0.2, 0.25) is 0 Å². The van der Waals surface area contributed by atoms with Gasteiger partial charge in [-0.3, -0.25) is 4.90 Å². The van der Waals surface area contributed by atoms with E-state index in [2.05, 4.69) is 28.4 Å². The highest BCUT2D eigenvalue weighted by molar-refractivity contribution is 5.36. The maximum Gasteiger partial charge on any atom is 0.0840 e. The third kappa shape index (κ3) is 3.10. The molecular formula is C15H24N2O. The van der Waals surface area contributed by atoms with Gasteiger partial charge in [-0.25, -0.2) is 0 Å². The molecule has 1 aliphatic rings. The van der Waals surface area contributed by atoms with Crippen LogP contribution in [0.3, 0.4) is 0 Å². The summed E-state index contributed by atoms with van der Waals surface area (Å²) in [5.41, 5.74) is 3.09. The molecule has 1 aromatic carbocycles. The van der Waals surface area contributed by atoms with Gasteiger partial charge in [0.2, 0.25) is 0 Å². The Balaban J connectivity index is 2.11. The lowest BCUT2D eigenvalue weighted by Gasteiger charge is -2.30. The number of nitrogens with zero attached hydrogens (tertiary/aromatic N) is 1. The van der Waals surface area contributed by atoms with Crippen LogP contribution >= 0.6 is 0 Å². The molecule has 0 saturated heterocycles. The van der Waals surface area contributed by atoms with Gasteiger partial charge < -0.3 is 10.4 Å². The lowest BCUT2D eigenvalue weighted by molar-refractivity contribution is 0.0784. The summed E-state index contributed by atoms with van der Waals surface area (Å²) >= 11 is 0. The average molecular weight is 248 g/mol. The van der Waals surface area contributed by atoms with Crippen molar-refractivity contribution in [3.8, 4) is 0 Å². The van der Waals surface area contributed by atoms with E-state index in [9.17, 15) is 5.11 Å². The van der Waals surface area contributed by atoms with Gasteiger partial charge >= 0.3 is 0 Å². The van der Waals surface area contributed by atoms with E-state index in [0.29, 0.717) is 0 Å². The van der Waals surface area contributed by atoms with Gasteiger partial charge in [0, 0.05) is 26.2 Å². The Kier molecular flexibility index (Phi) is 4.05. The van der Waals surface area contributed by atoms with Gasteiger partial charge in [-0.2, -0.15) is 0 Å². The first-order valence-electron chi connectivity index (χ1n) is 6.72. The second-order valence-electron chi connectivity index (χ2n) is 5.67. The van der Waals surface area contributed by atoms with Crippen LogP contribution in [0.5, 0.6) is 0 Å². The Morgan fingerprint density at radius 2 is 2.11 bits per heavy atom. The number of hydrogen-bond acceptors (Lipinski definition) is 3. The van der Waals surface area contributed by atoms with Crippen LogP contribution in [0.1, 0.15) is 30.5 Å². The van der Waals surface area contributed by atoms with E-state index < -0.39 is 5.60 Å². The van der Waals surface area contributed by atoms with Gasteiger partial charge in [0.05, 0.1) is 5.60 Å². The molecule has 1 aliphatic heterocycles. The first kappa shape index (κ1) is 13.5. The van der Waals surface area contributed by atoms with E-state index in [0.717, 1.165) is 38.2 Å². The molecule has 0 atom stereocenters. The van der Waals surface area contributed by atoms with Gasteiger partial charge in [-0.1, -0.05) is 18.2 Å². The molecule has 0 aromatic heterocycles. The van der Waals surface area contributed by atoms with Crippen LogP contribution in [0, 0.1) is 0 Å². The second-order valence-corrected chi connectivity index (χ2v) is 5.67. The van der Waals surface area contributed by atoms with Crippen LogP contribution in [0.25, 0.3) is 0 Å². The van der Waals surface area contributed by atoms with E-state index >= 15 is 0 Å². The summed E-state index contributed by atoms with van der Waals surface area (Å²) < 4.78 is 0. The quantitative estimate of drug-likeness (QED) is 0.847. The van der Waals surface area contributed by atoms with Crippen molar-refractivity contribution in [1.29, 1.82) is 0 Å². The maximum atomic E-state index is 10.0. The Morgan fingerprint density at radius 1 is 1.33 bits per heavy atom. The highest BCUT2D eigenvalue weighted by Crippen LogP contribution is 2.25. The number of hydrogen-bond donors (Lipinski definition) is 2. The van der Waals surface area contributed by atoms with E-state index in [1.54, 1.807) is 0 Å². The Labute approximate surface area is 110 Å². The average Bonchev–Trinajstić information content (AvgIpc) is 2.34. The third-order valence-corrected chi connectivity index (χ3v) is 3.68. The molecule has 2 N–H and O–H groups in total. The Morgan fingerprint density at radius 3 is 2.78 bits per heavy atom. The number of nitrogens with one attached hydrogen (secondary N) is 1. The van der Waals surface area contributed by atoms with Gasteiger partial charge in [-0.15, -0.1) is 0 Å². The fourth-order valence-electron chi connectivity index (χ4n) is 2.45. The van der Waals surface area contributed by atoms with Crippen molar-refractivity contribution in [2.75, 3.05) is 26.7 Å². The second kappa shape index (κ2) is 5.39. The van der Waals surface area contributed by atoms with Gasteiger partial charge in [0.25, 0.3) is 0 Å². The van der Waals surface area contributed by atoms with E-state index in [1.165, 1.54) is 11.1 Å². The van der Waals surface area contributed by atoms with E-state index in [-0.39, 0.29) is 0 Å². The molecule has 2 rings (SSSR count). The highest BCUT2D eigenvalue weighted by Gasteiger charge is 2.20. The van der Waals surface area contributed by atoms with Gasteiger partial charge in [-0.05, 0) is 44.0 Å². The lowest BCUT2D eigenvalue weighted by Crippen LogP contribution is -2.35. The summed E-state index contributed by atoms with van der Waals surface area (Å²) in [6.07, 6.45) is 1.09. The summed E-state index contributed by atoms with van der Waals surface area (Å²) in [4.78, 5) is 2.47. The fourth-order valence-corrected chi connectivity index (χ4v) is 2.45. The minimum absolute atomic E-state index is 0.738. The lowest BCUT2D eigenvalue weighted by atomic mass is 9.91. The summed E-state index contributed by atoms with van der Waals surface area (Å²) in [7, 11) is 1.99. The predicted octanol–water partition coefficient (Wildman–Crippen LogP) is 1.49. The third-order valence-electron chi connectivity index (χ3n) is 3.68. The fraction of sp³-hybridized carbons (Fsp3) is 0.600. The molecule has 0 bridgehead atoms. The first-order valence-corrected chi connectivity index (χ1v) is 6.72. The molecular weight excluding hydrogens is 224 g/mol. The molecule has 3 nitrogen and oxygen atoms in total. The molecule has 0 saturated carbocycles. The topological polar surface area (TPSA) is 35.5 Å². The predicted molar refractivity (Wildman–Crippen MR) is 74.6 cm³/mol. The SMILES string of the molecule is CNCCN1CCc2cc(C(C)(C)O)ccc2C1. The van der Waals surface area contributed by atoms with Crippen LogP contribution < -0.4 is 5.32 Å². The number of benzene rings is 1. The molecule has 0 fully saturated rings. The zero-order valence-electron chi connectivity index (χ0n) is 11.7. The summed E-state index contributed by atoms with van der Waals surface area (Å²) in [6, 6.07) is 6.40. The normalized spacial score (nSPS) is 16.7. The molecule has 0 aliphatic carbocycles. The molecule has 0 amide bonds. The molecule has 100 valence electrons. The monoisotopic (exact) mass is 248 g/mol. The van der Waals surface area contributed by atoms with Crippen molar-refractivity contribution in [1.82, 2.24) is 10.2 Å². The number of fused-ring (bicyclic) bond motifs is 1. The van der Waals surface area contributed by atoms with Crippen LogP contribution in [0.15, 0.2) is 18.2 Å². The van der Waals surface area contributed by atoms with E-state index in [1.807, 2.05) is 20.9 Å². The smallest absolute Gasteiger partial charge is 0.0840 e. The zero-order valence-corrected chi connectivity index (χ0v) is 11.7. The summed E-state index contributed by atoms with van der Waals surface area (Å²) in [5, 5.41) is 13.2. The van der Waals surface area contributed by atoms with Crippen molar-refractivity contribution >= 4 is 0 Å². The molecule has 1 aromatic rings. The van der Waals surface area contributed by atoms with Gasteiger partial charge in [0.15, 0.2) is 0 Å². The Hall–Kier alpha value is -0.900. The number of rotatable bonds is 4. The molecule has 0 spiro atoms. The Bertz CT molecular complexity index is 409. The van der Waals surface area contributed by atoms with Crippen LogP contribution in [-0.4, -0.2) is 36.7 Å². The van der Waals surface area contributed by atoms with Crippen molar-refractivity contribution in [3.63, 3.8) is 0 Å². The minimum Gasteiger partial charge on any atom is -0.386 e. The van der Waals surface area contributed by atoms with Crippen molar-refractivity contribution < 1.29 is 5.11 Å². The molecule has 0 radical (unpaired) electrons. The highest BCUT2D eigenvalue weighted by atomic mass is 16.3. The minimum atomic E-state index is -0.738. The standard InChI is InChI=1S/C15H24N2O/c1-15(2,18)14-5-4-13-11-17(9-7-16-3)8-6-12(13)10-14/h4-5,10,16,18H,6-9,11H2,1-3H3. The number of aliphatic hydroxyl groups is 1. The molecule has 3 heteroatoms. The van der Waals surface area contributed by atoms with Crippen LogP contribution in [0.4, 0.5) is 0 Å². The largest absolute Gasteiger partial charge is 0.386 e. The molecule has 18 heavy (non-hydrogen) atoms.